The molecule has 6 nitrogen and oxygen atoms in total. The van der Waals surface area contributed by atoms with E-state index < -0.39 is 18.0 Å². The Morgan fingerprint density at radius 2 is 1.79 bits per heavy atom. The molecule has 2 aromatic heterocycles. The molecule has 0 aliphatic carbocycles. The van der Waals surface area contributed by atoms with Gasteiger partial charge in [0, 0.05) is 40.2 Å². The number of hydrogen-bond acceptors (Lipinski definition) is 4. The quantitative estimate of drug-likeness (QED) is 0.515. The fourth-order valence-electron chi connectivity index (χ4n) is 3.47. The maximum atomic E-state index is 12.5. The van der Waals surface area contributed by atoms with E-state index in [0.717, 1.165) is 28.4 Å². The van der Waals surface area contributed by atoms with Gasteiger partial charge in [-0.15, -0.1) is 0 Å². The lowest BCUT2D eigenvalue weighted by molar-refractivity contribution is -0.123. The number of hydrogen-bond donors (Lipinski definition) is 1. The van der Waals surface area contributed by atoms with E-state index in [0.29, 0.717) is 5.69 Å². The fourth-order valence-corrected chi connectivity index (χ4v) is 3.47. The third-order valence-electron chi connectivity index (χ3n) is 4.88. The SMILES string of the molecule is CCn1c2ccccc2c2cc(NC(=O)C(C)OC(=O)c3ccccn3)ccc21. The molecule has 146 valence electrons. The Balaban J connectivity index is 1.55. The Bertz CT molecular complexity index is 1200. The zero-order valence-electron chi connectivity index (χ0n) is 16.3. The van der Waals surface area contributed by atoms with E-state index in [1.54, 1.807) is 18.2 Å². The zero-order chi connectivity index (χ0) is 20.4. The molecule has 4 rings (SSSR count). The molecule has 0 saturated carbocycles. The standard InChI is InChI=1S/C23H21N3O3/c1-3-26-20-10-5-4-8-17(20)18-14-16(11-12-21(18)26)25-22(27)15(2)29-23(28)19-9-6-7-13-24-19/h4-15H,3H2,1-2H3,(H,25,27). The number of carbonyl (C=O) groups is 2. The minimum Gasteiger partial charge on any atom is -0.448 e. The molecular weight excluding hydrogens is 366 g/mol. The van der Waals surface area contributed by atoms with Gasteiger partial charge in [-0.05, 0) is 50.2 Å². The Morgan fingerprint density at radius 1 is 1.03 bits per heavy atom. The van der Waals surface area contributed by atoms with E-state index in [1.807, 2.05) is 30.3 Å². The van der Waals surface area contributed by atoms with E-state index >= 15 is 0 Å². The van der Waals surface area contributed by atoms with Gasteiger partial charge in [0.25, 0.3) is 5.91 Å². The van der Waals surface area contributed by atoms with Crippen molar-refractivity contribution in [1.29, 1.82) is 0 Å². The molecule has 2 aromatic carbocycles. The van der Waals surface area contributed by atoms with E-state index in [9.17, 15) is 9.59 Å². The van der Waals surface area contributed by atoms with Crippen LogP contribution in [0.5, 0.6) is 0 Å². The molecule has 0 spiro atoms. The monoisotopic (exact) mass is 387 g/mol. The number of para-hydroxylation sites is 1. The highest BCUT2D eigenvalue weighted by Crippen LogP contribution is 2.31. The van der Waals surface area contributed by atoms with Crippen molar-refractivity contribution in [3.8, 4) is 0 Å². The lowest BCUT2D eigenvalue weighted by atomic mass is 10.1. The number of esters is 1. The van der Waals surface area contributed by atoms with Crippen LogP contribution in [0.1, 0.15) is 24.3 Å². The van der Waals surface area contributed by atoms with Crippen LogP contribution in [-0.4, -0.2) is 27.5 Å². The van der Waals surface area contributed by atoms with Crippen molar-refractivity contribution in [3.63, 3.8) is 0 Å². The minimum atomic E-state index is -0.947. The van der Waals surface area contributed by atoms with Crippen molar-refractivity contribution < 1.29 is 14.3 Å². The minimum absolute atomic E-state index is 0.168. The van der Waals surface area contributed by atoms with Crippen LogP contribution in [0, 0.1) is 0 Å². The molecule has 2 heterocycles. The Kier molecular flexibility index (Phi) is 4.99. The van der Waals surface area contributed by atoms with Crippen LogP contribution >= 0.6 is 0 Å². The zero-order valence-corrected chi connectivity index (χ0v) is 16.3. The molecule has 0 radical (unpaired) electrons. The van der Waals surface area contributed by atoms with E-state index in [1.165, 1.54) is 13.1 Å². The number of pyridine rings is 1. The Morgan fingerprint density at radius 3 is 2.55 bits per heavy atom. The number of carbonyl (C=O) groups excluding carboxylic acids is 2. The molecule has 1 N–H and O–H groups in total. The summed E-state index contributed by atoms with van der Waals surface area (Å²) in [5.74, 6) is -1.03. The fraction of sp³-hybridized carbons (Fsp3) is 0.174. The topological polar surface area (TPSA) is 73.2 Å². The number of anilines is 1. The lowest BCUT2D eigenvalue weighted by Gasteiger charge is -2.13. The van der Waals surface area contributed by atoms with Crippen molar-refractivity contribution >= 4 is 39.4 Å². The largest absolute Gasteiger partial charge is 0.448 e. The highest BCUT2D eigenvalue weighted by atomic mass is 16.5. The second kappa shape index (κ2) is 7.75. The molecule has 29 heavy (non-hydrogen) atoms. The molecule has 1 atom stereocenters. The normalized spacial score (nSPS) is 12.1. The van der Waals surface area contributed by atoms with Crippen molar-refractivity contribution in [3.05, 3.63) is 72.6 Å². The van der Waals surface area contributed by atoms with Crippen molar-refractivity contribution in [2.75, 3.05) is 5.32 Å². The number of aromatic nitrogens is 2. The van der Waals surface area contributed by atoms with Crippen LogP contribution in [0.15, 0.2) is 66.9 Å². The summed E-state index contributed by atoms with van der Waals surface area (Å²) in [6, 6.07) is 19.0. The second-order valence-corrected chi connectivity index (χ2v) is 6.75. The first-order chi connectivity index (χ1) is 14.1. The van der Waals surface area contributed by atoms with Gasteiger partial charge >= 0.3 is 5.97 Å². The summed E-state index contributed by atoms with van der Waals surface area (Å²) in [6.45, 7) is 4.51. The average molecular weight is 387 g/mol. The van der Waals surface area contributed by atoms with Crippen molar-refractivity contribution in [2.45, 2.75) is 26.5 Å². The van der Waals surface area contributed by atoms with Crippen LogP contribution in [-0.2, 0) is 16.1 Å². The molecule has 4 aromatic rings. The van der Waals surface area contributed by atoms with E-state index in [-0.39, 0.29) is 5.69 Å². The first-order valence-corrected chi connectivity index (χ1v) is 9.52. The van der Waals surface area contributed by atoms with Gasteiger partial charge in [0.15, 0.2) is 6.10 Å². The molecule has 6 heteroatoms. The van der Waals surface area contributed by atoms with Crippen LogP contribution in [0.3, 0.4) is 0 Å². The second-order valence-electron chi connectivity index (χ2n) is 6.75. The number of rotatable bonds is 5. The van der Waals surface area contributed by atoms with Gasteiger partial charge in [-0.2, -0.15) is 0 Å². The van der Waals surface area contributed by atoms with Crippen LogP contribution in [0.2, 0.25) is 0 Å². The predicted octanol–water partition coefficient (Wildman–Crippen LogP) is 4.39. The first-order valence-electron chi connectivity index (χ1n) is 9.52. The number of nitrogens with one attached hydrogen (secondary N) is 1. The van der Waals surface area contributed by atoms with Gasteiger partial charge in [-0.1, -0.05) is 24.3 Å². The molecule has 0 saturated heterocycles. The molecule has 1 unspecified atom stereocenters. The lowest BCUT2D eigenvalue weighted by Crippen LogP contribution is -2.30. The molecule has 0 aliphatic heterocycles. The highest BCUT2D eigenvalue weighted by molar-refractivity contribution is 6.10. The summed E-state index contributed by atoms with van der Waals surface area (Å²) < 4.78 is 7.48. The number of fused-ring (bicyclic) bond motifs is 3. The molecule has 1 amide bonds. The Hall–Kier alpha value is -3.67. The van der Waals surface area contributed by atoms with Gasteiger partial charge in [-0.3, -0.25) is 4.79 Å². The van der Waals surface area contributed by atoms with Gasteiger partial charge < -0.3 is 14.6 Å². The molecule has 0 fully saturated rings. The number of aryl methyl sites for hydroxylation is 1. The van der Waals surface area contributed by atoms with E-state index in [4.69, 9.17) is 4.74 Å². The van der Waals surface area contributed by atoms with Crippen LogP contribution in [0.4, 0.5) is 5.69 Å². The van der Waals surface area contributed by atoms with Crippen LogP contribution < -0.4 is 5.32 Å². The number of benzene rings is 2. The van der Waals surface area contributed by atoms with Crippen LogP contribution in [0.25, 0.3) is 21.8 Å². The first kappa shape index (κ1) is 18.7. The summed E-state index contributed by atoms with van der Waals surface area (Å²) in [5, 5.41) is 5.04. The predicted molar refractivity (Wildman–Crippen MR) is 113 cm³/mol. The summed E-state index contributed by atoms with van der Waals surface area (Å²) in [4.78, 5) is 28.6. The van der Waals surface area contributed by atoms with Gasteiger partial charge in [0.2, 0.25) is 0 Å². The summed E-state index contributed by atoms with van der Waals surface area (Å²) in [7, 11) is 0. The third-order valence-corrected chi connectivity index (χ3v) is 4.88. The van der Waals surface area contributed by atoms with Gasteiger partial charge in [-0.25, -0.2) is 9.78 Å². The third kappa shape index (κ3) is 3.57. The number of ether oxygens (including phenoxy) is 1. The molecule has 0 bridgehead atoms. The number of amides is 1. The summed E-state index contributed by atoms with van der Waals surface area (Å²) in [6.07, 6.45) is 0.556. The summed E-state index contributed by atoms with van der Waals surface area (Å²) >= 11 is 0. The summed E-state index contributed by atoms with van der Waals surface area (Å²) in [5.41, 5.74) is 3.09. The van der Waals surface area contributed by atoms with Gasteiger partial charge in [0.1, 0.15) is 5.69 Å². The average Bonchev–Trinajstić information content (AvgIpc) is 3.07. The maximum absolute atomic E-state index is 12.5. The molecule has 0 aliphatic rings. The Labute approximate surface area is 168 Å². The maximum Gasteiger partial charge on any atom is 0.357 e. The highest BCUT2D eigenvalue weighted by Gasteiger charge is 2.20. The van der Waals surface area contributed by atoms with Crippen molar-refractivity contribution in [2.24, 2.45) is 0 Å². The smallest absolute Gasteiger partial charge is 0.357 e. The van der Waals surface area contributed by atoms with E-state index in [2.05, 4.69) is 33.9 Å². The van der Waals surface area contributed by atoms with Gasteiger partial charge in [0.05, 0.1) is 0 Å². The molecular formula is C23H21N3O3. The number of nitrogens with zero attached hydrogens (tertiary/aromatic N) is 2. The van der Waals surface area contributed by atoms with Crippen molar-refractivity contribution in [1.82, 2.24) is 9.55 Å².